The van der Waals surface area contributed by atoms with E-state index >= 15 is 0 Å². The lowest BCUT2D eigenvalue weighted by molar-refractivity contribution is 0.102. The van der Waals surface area contributed by atoms with E-state index in [0.29, 0.717) is 22.2 Å². The third-order valence-electron chi connectivity index (χ3n) is 4.48. The van der Waals surface area contributed by atoms with E-state index in [4.69, 9.17) is 9.47 Å². The van der Waals surface area contributed by atoms with Gasteiger partial charge in [-0.3, -0.25) is 4.79 Å². The fourth-order valence-corrected chi connectivity index (χ4v) is 4.69. The molecule has 9 nitrogen and oxygen atoms in total. The zero-order valence-corrected chi connectivity index (χ0v) is 18.3. The van der Waals surface area contributed by atoms with Crippen LogP contribution in [0.4, 0.5) is 5.69 Å². The van der Waals surface area contributed by atoms with Gasteiger partial charge in [-0.1, -0.05) is 36.8 Å². The van der Waals surface area contributed by atoms with Gasteiger partial charge in [0, 0.05) is 11.8 Å². The summed E-state index contributed by atoms with van der Waals surface area (Å²) >= 11 is 1.01. The van der Waals surface area contributed by atoms with Gasteiger partial charge in [0.15, 0.2) is 11.5 Å². The Bertz CT molecular complexity index is 1190. The summed E-state index contributed by atoms with van der Waals surface area (Å²) in [5, 5.41) is 11.0. The highest BCUT2D eigenvalue weighted by atomic mass is 32.2. The first-order chi connectivity index (χ1) is 14.9. The maximum Gasteiger partial charge on any atom is 0.286 e. The predicted molar refractivity (Wildman–Crippen MR) is 115 cm³/mol. The van der Waals surface area contributed by atoms with Crippen LogP contribution in [-0.4, -0.2) is 31.3 Å². The number of aromatic nitrogens is 2. The lowest BCUT2D eigenvalue weighted by Crippen LogP contribution is -2.23. The third kappa shape index (κ3) is 5.01. The number of carbonyl (C=O) groups is 1. The average Bonchev–Trinajstić information content (AvgIpc) is 3.42. The largest absolute Gasteiger partial charge is 0.454 e. The Hall–Kier alpha value is -3.02. The highest BCUT2D eigenvalue weighted by Gasteiger charge is 2.19. The van der Waals surface area contributed by atoms with Gasteiger partial charge >= 0.3 is 0 Å². The summed E-state index contributed by atoms with van der Waals surface area (Å²) in [6.07, 6.45) is 1.89. The summed E-state index contributed by atoms with van der Waals surface area (Å²) in [6, 6.07) is 11.8. The lowest BCUT2D eigenvalue weighted by atomic mass is 10.1. The molecule has 2 heterocycles. The molecule has 0 bridgehead atoms. The molecule has 0 spiro atoms. The molecule has 162 valence electrons. The number of amides is 1. The summed E-state index contributed by atoms with van der Waals surface area (Å²) < 4.78 is 38.0. The molecule has 1 aromatic heterocycles. The SMILES string of the molecule is CCCc1ccc(S(=O)(=O)NCc2nnc(C(=O)Nc3ccc4c(c3)OCO4)s2)cc1. The molecule has 2 aromatic carbocycles. The number of nitrogens with zero attached hydrogens (tertiary/aromatic N) is 2. The molecule has 0 radical (unpaired) electrons. The Morgan fingerprint density at radius 3 is 2.65 bits per heavy atom. The van der Waals surface area contributed by atoms with E-state index in [9.17, 15) is 13.2 Å². The van der Waals surface area contributed by atoms with E-state index in [-0.39, 0.29) is 23.2 Å². The monoisotopic (exact) mass is 460 g/mol. The van der Waals surface area contributed by atoms with E-state index < -0.39 is 15.9 Å². The molecular formula is C20H20N4O5S2. The van der Waals surface area contributed by atoms with E-state index in [1.165, 1.54) is 0 Å². The Kier molecular flexibility index (Phi) is 6.16. The number of rotatable bonds is 8. The van der Waals surface area contributed by atoms with Crippen LogP contribution in [0.25, 0.3) is 0 Å². The van der Waals surface area contributed by atoms with Crippen molar-refractivity contribution in [3.8, 4) is 11.5 Å². The van der Waals surface area contributed by atoms with Gasteiger partial charge in [-0.05, 0) is 36.2 Å². The zero-order valence-electron chi connectivity index (χ0n) is 16.6. The number of ether oxygens (including phenoxy) is 2. The fraction of sp³-hybridized carbons (Fsp3) is 0.250. The fourth-order valence-electron chi connectivity index (χ4n) is 2.94. The molecule has 11 heteroatoms. The summed E-state index contributed by atoms with van der Waals surface area (Å²) in [5.74, 6) is 0.716. The minimum absolute atomic E-state index is 0.0615. The number of sulfonamides is 1. The lowest BCUT2D eigenvalue weighted by Gasteiger charge is -2.06. The van der Waals surface area contributed by atoms with Crippen LogP contribution in [0.2, 0.25) is 0 Å². The van der Waals surface area contributed by atoms with Crippen LogP contribution in [0.1, 0.15) is 33.7 Å². The molecule has 0 unspecified atom stereocenters. The number of benzene rings is 2. The number of carbonyl (C=O) groups excluding carboxylic acids is 1. The Morgan fingerprint density at radius 1 is 1.10 bits per heavy atom. The summed E-state index contributed by atoms with van der Waals surface area (Å²) in [4.78, 5) is 12.6. The van der Waals surface area contributed by atoms with Gasteiger partial charge in [0.2, 0.25) is 21.8 Å². The minimum Gasteiger partial charge on any atom is -0.454 e. The van der Waals surface area contributed by atoms with E-state index in [0.717, 1.165) is 29.7 Å². The van der Waals surface area contributed by atoms with Crippen molar-refractivity contribution < 1.29 is 22.7 Å². The normalized spacial score (nSPS) is 12.7. The number of anilines is 1. The van der Waals surface area contributed by atoms with E-state index in [2.05, 4.69) is 27.2 Å². The predicted octanol–water partition coefficient (Wildman–Crippen LogP) is 2.95. The quantitative estimate of drug-likeness (QED) is 0.530. The first kappa shape index (κ1) is 21.2. The molecule has 3 aromatic rings. The summed E-state index contributed by atoms with van der Waals surface area (Å²) in [7, 11) is -3.69. The maximum absolute atomic E-state index is 12.5. The number of fused-ring (bicyclic) bond motifs is 1. The molecular weight excluding hydrogens is 440 g/mol. The molecule has 0 aliphatic carbocycles. The van der Waals surface area contributed by atoms with Gasteiger partial charge in [-0.2, -0.15) is 0 Å². The topological polar surface area (TPSA) is 120 Å². The van der Waals surface area contributed by atoms with Gasteiger partial charge < -0.3 is 14.8 Å². The molecule has 1 aliphatic rings. The second-order valence-corrected chi connectivity index (χ2v) is 9.57. The van der Waals surface area contributed by atoms with Crippen LogP contribution in [-0.2, 0) is 23.0 Å². The van der Waals surface area contributed by atoms with Gasteiger partial charge in [0.05, 0.1) is 11.4 Å². The molecule has 2 N–H and O–H groups in total. The van der Waals surface area contributed by atoms with Crippen LogP contribution in [0, 0.1) is 0 Å². The molecule has 0 fully saturated rings. The highest BCUT2D eigenvalue weighted by molar-refractivity contribution is 7.89. The molecule has 0 atom stereocenters. The molecule has 0 saturated heterocycles. The third-order valence-corrected chi connectivity index (χ3v) is 6.82. The van der Waals surface area contributed by atoms with Gasteiger partial charge in [-0.15, -0.1) is 10.2 Å². The second-order valence-electron chi connectivity index (χ2n) is 6.74. The van der Waals surface area contributed by atoms with Crippen molar-refractivity contribution in [2.75, 3.05) is 12.1 Å². The Morgan fingerprint density at radius 2 is 1.87 bits per heavy atom. The molecule has 0 saturated carbocycles. The van der Waals surface area contributed by atoms with Crippen molar-refractivity contribution in [3.05, 3.63) is 58.0 Å². The summed E-state index contributed by atoms with van der Waals surface area (Å²) in [5.41, 5.74) is 1.61. The van der Waals surface area contributed by atoms with Crippen molar-refractivity contribution in [2.24, 2.45) is 0 Å². The average molecular weight is 461 g/mol. The highest BCUT2D eigenvalue weighted by Crippen LogP contribution is 2.34. The number of hydrogen-bond acceptors (Lipinski definition) is 8. The number of hydrogen-bond donors (Lipinski definition) is 2. The first-order valence-electron chi connectivity index (χ1n) is 9.56. The van der Waals surface area contributed by atoms with Crippen molar-refractivity contribution in [3.63, 3.8) is 0 Å². The van der Waals surface area contributed by atoms with Gasteiger partial charge in [0.1, 0.15) is 5.01 Å². The molecule has 1 amide bonds. The van der Waals surface area contributed by atoms with Crippen LogP contribution in [0.5, 0.6) is 11.5 Å². The molecule has 31 heavy (non-hydrogen) atoms. The maximum atomic E-state index is 12.5. The van der Waals surface area contributed by atoms with Crippen molar-refractivity contribution in [2.45, 2.75) is 31.2 Å². The van der Waals surface area contributed by atoms with E-state index in [1.807, 2.05) is 12.1 Å². The van der Waals surface area contributed by atoms with Crippen molar-refractivity contribution in [1.82, 2.24) is 14.9 Å². The van der Waals surface area contributed by atoms with Crippen molar-refractivity contribution in [1.29, 1.82) is 0 Å². The first-order valence-corrected chi connectivity index (χ1v) is 11.9. The number of aryl methyl sites for hydroxylation is 1. The molecule has 1 aliphatic heterocycles. The zero-order chi connectivity index (χ0) is 21.8. The minimum atomic E-state index is -3.69. The number of nitrogens with one attached hydrogen (secondary N) is 2. The smallest absolute Gasteiger partial charge is 0.286 e. The van der Waals surface area contributed by atoms with Crippen LogP contribution < -0.4 is 19.5 Å². The van der Waals surface area contributed by atoms with Crippen LogP contribution >= 0.6 is 11.3 Å². The second kappa shape index (κ2) is 9.00. The standard InChI is InChI=1S/C20H20N4O5S2/c1-2-3-13-4-7-15(8-5-13)31(26,27)21-11-18-23-24-20(30-18)19(25)22-14-6-9-16-17(10-14)29-12-28-16/h4-10,21H,2-3,11-12H2,1H3,(H,22,25). The van der Waals surface area contributed by atoms with Gasteiger partial charge in [-0.25, -0.2) is 13.1 Å². The van der Waals surface area contributed by atoms with Gasteiger partial charge in [0.25, 0.3) is 5.91 Å². The van der Waals surface area contributed by atoms with E-state index in [1.54, 1.807) is 30.3 Å². The molecule has 4 rings (SSSR count). The van der Waals surface area contributed by atoms with Crippen LogP contribution in [0.15, 0.2) is 47.4 Å². The van der Waals surface area contributed by atoms with Crippen molar-refractivity contribution >= 4 is 33.0 Å². The summed E-state index contributed by atoms with van der Waals surface area (Å²) in [6.45, 7) is 2.15. The van der Waals surface area contributed by atoms with Crippen LogP contribution in [0.3, 0.4) is 0 Å². The Balaban J connectivity index is 1.36. The Labute approximate surface area is 183 Å².